The minimum absolute atomic E-state index is 0.399. The summed E-state index contributed by atoms with van der Waals surface area (Å²) in [5, 5.41) is 19.1. The van der Waals surface area contributed by atoms with Crippen LogP contribution in [0.25, 0.3) is 0 Å². The Morgan fingerprint density at radius 2 is 1.55 bits per heavy atom. The van der Waals surface area contributed by atoms with Crippen molar-refractivity contribution in [3.63, 3.8) is 0 Å². The Kier molecular flexibility index (Phi) is 3.28. The van der Waals surface area contributed by atoms with Crippen LogP contribution in [-0.2, 0) is 10.4 Å². The number of fused-ring (bicyclic) bond motifs is 2. The summed E-state index contributed by atoms with van der Waals surface area (Å²) in [5.41, 5.74) is -1.46. The lowest BCUT2D eigenvalue weighted by atomic mass is 9.96. The van der Waals surface area contributed by atoms with Crippen LogP contribution in [0.2, 0.25) is 0 Å². The van der Waals surface area contributed by atoms with E-state index in [0.717, 1.165) is 14.7 Å². The maximum absolute atomic E-state index is 11.1. The molecule has 0 fully saturated rings. The molecule has 102 valence electrons. The number of aliphatic carboxylic acids is 1. The molecule has 2 N–H and O–H groups in total. The molecule has 2 aromatic carbocycles. The predicted molar refractivity (Wildman–Crippen MR) is 78.3 cm³/mol. The van der Waals surface area contributed by atoms with Gasteiger partial charge in [0.25, 0.3) is 0 Å². The Labute approximate surface area is 125 Å². The molecule has 1 aliphatic rings. The van der Waals surface area contributed by atoms with Crippen LogP contribution in [0.5, 0.6) is 0 Å². The molecule has 0 aromatic heterocycles. The Morgan fingerprint density at radius 1 is 1.00 bits per heavy atom. The maximum atomic E-state index is 11.1. The van der Waals surface area contributed by atoms with Crippen LogP contribution in [0, 0.1) is 0 Å². The summed E-state index contributed by atoms with van der Waals surface area (Å²) in [7, 11) is 0. The lowest BCUT2D eigenvalue weighted by Gasteiger charge is -2.23. The van der Waals surface area contributed by atoms with Gasteiger partial charge in [0.2, 0.25) is 0 Å². The van der Waals surface area contributed by atoms with Gasteiger partial charge in [0, 0.05) is 19.6 Å². The van der Waals surface area contributed by atoms with Gasteiger partial charge in [-0.1, -0.05) is 41.7 Å². The number of aliphatic hydroxyl groups is 1. The van der Waals surface area contributed by atoms with E-state index < -0.39 is 11.6 Å². The molecule has 0 aliphatic carbocycles. The summed E-state index contributed by atoms with van der Waals surface area (Å²) in [6.07, 6.45) is 0. The molecule has 0 spiro atoms. The van der Waals surface area contributed by atoms with Crippen molar-refractivity contribution in [1.29, 1.82) is 0 Å². The highest BCUT2D eigenvalue weighted by Crippen LogP contribution is 2.48. The van der Waals surface area contributed by atoms with Crippen LogP contribution in [0.15, 0.2) is 62.0 Å². The quantitative estimate of drug-likeness (QED) is 0.757. The van der Waals surface area contributed by atoms with Crippen molar-refractivity contribution in [2.75, 3.05) is 0 Å². The molecule has 1 heterocycles. The van der Waals surface area contributed by atoms with Crippen LogP contribution >= 0.6 is 23.5 Å². The first kappa shape index (κ1) is 13.5. The summed E-state index contributed by atoms with van der Waals surface area (Å²) < 4.78 is 0. The zero-order valence-electron chi connectivity index (χ0n) is 10.7. The molecule has 0 amide bonds. The minimum Gasteiger partial charge on any atom is -0.479 e. The summed E-state index contributed by atoms with van der Waals surface area (Å²) in [6.45, 7) is 1.30. The third-order valence-corrected chi connectivity index (χ3v) is 5.76. The number of hydrogen-bond donors (Lipinski definition) is 2. The summed E-state index contributed by atoms with van der Waals surface area (Å²) >= 11 is 3.26. The fourth-order valence-electron chi connectivity index (χ4n) is 1.95. The highest BCUT2D eigenvalue weighted by atomic mass is 32.2. The van der Waals surface area contributed by atoms with E-state index >= 15 is 0 Å². The maximum Gasteiger partial charge on any atom is 0.340 e. The Morgan fingerprint density at radius 3 is 2.15 bits per heavy atom. The molecule has 0 radical (unpaired) electrons. The molecule has 0 bridgehead atoms. The van der Waals surface area contributed by atoms with Crippen molar-refractivity contribution in [3.8, 4) is 0 Å². The average molecular weight is 304 g/mol. The van der Waals surface area contributed by atoms with Gasteiger partial charge in [-0.25, -0.2) is 4.79 Å². The molecule has 2 aromatic rings. The molecule has 5 heteroatoms. The van der Waals surface area contributed by atoms with Crippen molar-refractivity contribution in [1.82, 2.24) is 0 Å². The zero-order valence-corrected chi connectivity index (χ0v) is 12.3. The van der Waals surface area contributed by atoms with Crippen molar-refractivity contribution in [3.05, 3.63) is 48.0 Å². The Bertz CT molecular complexity index is 695. The number of carbonyl (C=O) groups is 1. The van der Waals surface area contributed by atoms with Crippen LogP contribution < -0.4 is 0 Å². The SMILES string of the molecule is CC(O)(C(=O)O)c1ccc2c(c1)Sc1ccccc1S2. The van der Waals surface area contributed by atoms with Gasteiger partial charge in [0.15, 0.2) is 5.60 Å². The third kappa shape index (κ3) is 2.22. The number of carboxylic acids is 1. The first-order valence-electron chi connectivity index (χ1n) is 6.03. The Hall–Kier alpha value is -1.43. The van der Waals surface area contributed by atoms with E-state index in [9.17, 15) is 9.90 Å². The number of hydrogen-bond acceptors (Lipinski definition) is 4. The van der Waals surface area contributed by atoms with Crippen LogP contribution in [0.4, 0.5) is 0 Å². The van der Waals surface area contributed by atoms with Crippen molar-refractivity contribution in [2.45, 2.75) is 32.1 Å². The number of rotatable bonds is 2. The van der Waals surface area contributed by atoms with Crippen molar-refractivity contribution >= 4 is 29.5 Å². The highest BCUT2D eigenvalue weighted by molar-refractivity contribution is 8.05. The topological polar surface area (TPSA) is 57.5 Å². The second-order valence-corrected chi connectivity index (χ2v) is 6.86. The van der Waals surface area contributed by atoms with Gasteiger partial charge in [0.1, 0.15) is 0 Å². The molecule has 20 heavy (non-hydrogen) atoms. The smallest absolute Gasteiger partial charge is 0.340 e. The van der Waals surface area contributed by atoms with E-state index in [-0.39, 0.29) is 0 Å². The van der Waals surface area contributed by atoms with Gasteiger partial charge in [-0.15, -0.1) is 0 Å². The van der Waals surface area contributed by atoms with Crippen molar-refractivity contribution in [2.24, 2.45) is 0 Å². The van der Waals surface area contributed by atoms with Gasteiger partial charge < -0.3 is 10.2 Å². The van der Waals surface area contributed by atoms with Gasteiger partial charge in [0.05, 0.1) is 0 Å². The van der Waals surface area contributed by atoms with Crippen LogP contribution in [-0.4, -0.2) is 16.2 Å². The average Bonchev–Trinajstić information content (AvgIpc) is 2.44. The van der Waals surface area contributed by atoms with Crippen molar-refractivity contribution < 1.29 is 15.0 Å². The fourth-order valence-corrected chi connectivity index (χ4v) is 4.21. The monoisotopic (exact) mass is 304 g/mol. The summed E-state index contributed by atoms with van der Waals surface area (Å²) in [4.78, 5) is 15.5. The largest absolute Gasteiger partial charge is 0.479 e. The summed E-state index contributed by atoms with van der Waals surface area (Å²) in [5.74, 6) is -1.24. The van der Waals surface area contributed by atoms with E-state index in [1.807, 2.05) is 24.3 Å². The molecule has 0 saturated heterocycles. The predicted octanol–water partition coefficient (Wildman–Crippen LogP) is 3.59. The molecular weight excluding hydrogens is 292 g/mol. The fraction of sp³-hybridized carbons (Fsp3) is 0.133. The van der Waals surface area contributed by atoms with Gasteiger partial charge >= 0.3 is 5.97 Å². The van der Waals surface area contributed by atoms with E-state index in [1.54, 1.807) is 35.7 Å². The van der Waals surface area contributed by atoms with E-state index in [0.29, 0.717) is 5.56 Å². The third-order valence-electron chi connectivity index (χ3n) is 3.21. The number of benzene rings is 2. The molecule has 0 saturated carbocycles. The number of carboxylic acid groups (broad SMARTS) is 1. The lowest BCUT2D eigenvalue weighted by molar-refractivity contribution is -0.157. The normalized spacial score (nSPS) is 15.9. The second kappa shape index (κ2) is 4.84. The molecule has 3 rings (SSSR count). The molecular formula is C15H12O3S2. The standard InChI is InChI=1S/C15H12O3S2/c1-15(18,14(16)17)9-6-7-12-13(8-9)20-11-5-3-2-4-10(11)19-12/h2-8,18H,1H3,(H,16,17). The lowest BCUT2D eigenvalue weighted by Crippen LogP contribution is -2.31. The molecule has 1 atom stereocenters. The van der Waals surface area contributed by atoms with Crippen LogP contribution in [0.3, 0.4) is 0 Å². The first-order valence-corrected chi connectivity index (χ1v) is 7.67. The Balaban J connectivity index is 2.02. The second-order valence-electron chi connectivity index (χ2n) is 4.69. The molecule has 1 aliphatic heterocycles. The van der Waals surface area contributed by atoms with E-state index in [2.05, 4.69) is 6.07 Å². The van der Waals surface area contributed by atoms with E-state index in [4.69, 9.17) is 5.11 Å². The van der Waals surface area contributed by atoms with Gasteiger partial charge in [-0.2, -0.15) is 0 Å². The first-order chi connectivity index (χ1) is 9.48. The van der Waals surface area contributed by atoms with Gasteiger partial charge in [-0.3, -0.25) is 0 Å². The van der Waals surface area contributed by atoms with Crippen LogP contribution in [0.1, 0.15) is 12.5 Å². The van der Waals surface area contributed by atoms with Gasteiger partial charge in [-0.05, 0) is 36.8 Å². The minimum atomic E-state index is -1.86. The van der Waals surface area contributed by atoms with E-state index in [1.165, 1.54) is 11.8 Å². The molecule has 1 unspecified atom stereocenters. The summed E-state index contributed by atoms with van der Waals surface area (Å²) in [6, 6.07) is 13.4. The molecule has 3 nitrogen and oxygen atoms in total. The highest BCUT2D eigenvalue weighted by Gasteiger charge is 2.33. The zero-order chi connectivity index (χ0) is 14.3.